The van der Waals surface area contributed by atoms with Gasteiger partial charge in [0.25, 0.3) is 0 Å². The standard InChI is InChI=1S/C39H69F6NO4/c1-16-35(13,29(48)20-27(19-26(2)3)21-37(15,50)39(43,44)45)24-36(14,28(47)17-18-34(11,12)46-25-38(40,41)42)23-32(7,8)30(49)22-33(9,10)31(4,5)6/h26-27,46,50H,16-25H2,1-15H3. The van der Waals surface area contributed by atoms with Crippen LogP contribution in [0.15, 0.2) is 0 Å². The minimum Gasteiger partial charge on any atom is -0.381 e. The van der Waals surface area contributed by atoms with Crippen LogP contribution < -0.4 is 5.32 Å². The summed E-state index contributed by atoms with van der Waals surface area (Å²) in [4.78, 5) is 42.4. The van der Waals surface area contributed by atoms with Crippen LogP contribution in [-0.2, 0) is 14.4 Å². The fraction of sp³-hybridized carbons (Fsp3) is 0.923. The molecule has 0 aliphatic carbocycles. The summed E-state index contributed by atoms with van der Waals surface area (Å²) in [5.41, 5.74) is -8.07. The molecular weight excluding hydrogens is 660 g/mol. The first kappa shape index (κ1) is 48.5. The number of alkyl halides is 6. The van der Waals surface area contributed by atoms with Gasteiger partial charge >= 0.3 is 12.4 Å². The number of ketones is 3. The largest absolute Gasteiger partial charge is 0.416 e. The molecule has 0 aromatic carbocycles. The van der Waals surface area contributed by atoms with Gasteiger partial charge in [0.05, 0.1) is 6.54 Å². The number of rotatable bonds is 21. The zero-order chi connectivity index (χ0) is 40.2. The van der Waals surface area contributed by atoms with Gasteiger partial charge in [-0.3, -0.25) is 14.4 Å². The van der Waals surface area contributed by atoms with Gasteiger partial charge in [-0.25, -0.2) is 0 Å². The summed E-state index contributed by atoms with van der Waals surface area (Å²) in [6.07, 6.45) is -9.37. The molecule has 0 aromatic rings. The lowest BCUT2D eigenvalue weighted by atomic mass is 9.58. The Kier molecular flexibility index (Phi) is 16.2. The van der Waals surface area contributed by atoms with Gasteiger partial charge in [-0.15, -0.1) is 0 Å². The molecule has 296 valence electrons. The third-order valence-corrected chi connectivity index (χ3v) is 11.4. The average molecular weight is 730 g/mol. The number of carbonyl (C=O) groups is 3. The summed E-state index contributed by atoms with van der Waals surface area (Å²) in [5.74, 6) is -1.49. The highest BCUT2D eigenvalue weighted by molar-refractivity contribution is 5.90. The molecule has 0 rings (SSSR count). The molecule has 4 unspecified atom stereocenters. The molecule has 50 heavy (non-hydrogen) atoms. The van der Waals surface area contributed by atoms with Crippen LogP contribution in [0.4, 0.5) is 26.3 Å². The van der Waals surface area contributed by atoms with Crippen LogP contribution in [0.2, 0.25) is 0 Å². The first-order valence-electron chi connectivity index (χ1n) is 18.1. The maximum atomic E-state index is 14.3. The zero-order valence-electron chi connectivity index (χ0n) is 33.7. The van der Waals surface area contributed by atoms with Gasteiger partial charge in [0, 0.05) is 41.0 Å². The molecule has 0 saturated carbocycles. The fourth-order valence-corrected chi connectivity index (χ4v) is 6.77. The number of Topliss-reactive ketones (excluding diaryl/α,β-unsaturated/α-hetero) is 3. The van der Waals surface area contributed by atoms with E-state index in [2.05, 4.69) is 26.1 Å². The van der Waals surface area contributed by atoms with Gasteiger partial charge in [0.2, 0.25) is 0 Å². The second-order valence-corrected chi connectivity index (χ2v) is 19.3. The summed E-state index contributed by atoms with van der Waals surface area (Å²) >= 11 is 0. The summed E-state index contributed by atoms with van der Waals surface area (Å²) in [5, 5.41) is 12.8. The molecule has 4 atom stereocenters. The molecule has 0 aliphatic heterocycles. The second kappa shape index (κ2) is 16.7. The van der Waals surface area contributed by atoms with Crippen molar-refractivity contribution in [2.75, 3.05) is 6.54 Å². The van der Waals surface area contributed by atoms with Crippen LogP contribution in [0.25, 0.3) is 0 Å². The molecule has 5 nitrogen and oxygen atoms in total. The van der Waals surface area contributed by atoms with Crippen molar-refractivity contribution in [2.24, 2.45) is 38.9 Å². The predicted octanol–water partition coefficient (Wildman–Crippen LogP) is 10.9. The number of carbonyl (C=O) groups excluding carboxylic acids is 3. The maximum Gasteiger partial charge on any atom is 0.416 e. The monoisotopic (exact) mass is 730 g/mol. The number of hydrogen-bond donors (Lipinski definition) is 2. The molecule has 0 aliphatic rings. The first-order valence-corrected chi connectivity index (χ1v) is 18.1. The lowest BCUT2D eigenvalue weighted by Gasteiger charge is -2.44. The topological polar surface area (TPSA) is 83.5 Å². The van der Waals surface area contributed by atoms with E-state index < -0.39 is 58.6 Å². The molecule has 0 saturated heterocycles. The van der Waals surface area contributed by atoms with E-state index >= 15 is 0 Å². The molecular formula is C39H69F6NO4. The first-order chi connectivity index (χ1) is 21.9. The average Bonchev–Trinajstić information content (AvgIpc) is 2.87. The normalized spacial score (nSPS) is 18.3. The Morgan fingerprint density at radius 3 is 1.62 bits per heavy atom. The van der Waals surface area contributed by atoms with Gasteiger partial charge in [0.15, 0.2) is 5.60 Å². The number of aliphatic hydroxyl groups is 1. The van der Waals surface area contributed by atoms with E-state index in [1.54, 1.807) is 48.5 Å². The third-order valence-electron chi connectivity index (χ3n) is 11.4. The van der Waals surface area contributed by atoms with Crippen LogP contribution in [0.5, 0.6) is 0 Å². The highest BCUT2D eigenvalue weighted by Crippen LogP contribution is 2.50. The van der Waals surface area contributed by atoms with Gasteiger partial charge in [-0.2, -0.15) is 26.3 Å². The van der Waals surface area contributed by atoms with Crippen molar-refractivity contribution in [3.63, 3.8) is 0 Å². The van der Waals surface area contributed by atoms with Crippen molar-refractivity contribution in [3.8, 4) is 0 Å². The molecule has 0 fully saturated rings. The Labute approximate surface area is 298 Å². The van der Waals surface area contributed by atoms with Crippen molar-refractivity contribution < 1.29 is 45.8 Å². The molecule has 2 N–H and O–H groups in total. The summed E-state index contributed by atoms with van der Waals surface area (Å²) < 4.78 is 79.9. The fourth-order valence-electron chi connectivity index (χ4n) is 6.77. The SMILES string of the molecule is CCC(C)(CC(C)(CC(C)(C)C(=O)CC(C)(C)C(C)(C)C)C(=O)CCC(C)(C)NCC(F)(F)F)C(=O)CC(CC(C)C)CC(C)(O)C(F)(F)F. The van der Waals surface area contributed by atoms with Crippen LogP contribution in [-0.4, -0.2) is 52.5 Å². The maximum absolute atomic E-state index is 14.3. The Bertz CT molecular complexity index is 1150. The van der Waals surface area contributed by atoms with Crippen molar-refractivity contribution in [1.29, 1.82) is 0 Å². The Hall–Kier alpha value is -1.49. The quantitative estimate of drug-likeness (QED) is 0.115. The highest BCUT2D eigenvalue weighted by atomic mass is 19.4. The lowest BCUT2D eigenvalue weighted by molar-refractivity contribution is -0.259. The van der Waals surface area contributed by atoms with E-state index in [0.29, 0.717) is 6.92 Å². The van der Waals surface area contributed by atoms with Crippen LogP contribution in [0, 0.1) is 38.9 Å². The van der Waals surface area contributed by atoms with Crippen LogP contribution in [0.1, 0.15) is 162 Å². The second-order valence-electron chi connectivity index (χ2n) is 19.3. The van der Waals surface area contributed by atoms with Crippen LogP contribution >= 0.6 is 0 Å². The molecule has 0 amide bonds. The summed E-state index contributed by atoms with van der Waals surface area (Å²) in [7, 11) is 0. The molecule has 0 aromatic heterocycles. The summed E-state index contributed by atoms with van der Waals surface area (Å²) in [6, 6.07) is 0. The van der Waals surface area contributed by atoms with E-state index in [1.165, 1.54) is 0 Å². The summed E-state index contributed by atoms with van der Waals surface area (Å²) in [6.45, 7) is 25.2. The lowest BCUT2D eigenvalue weighted by Crippen LogP contribution is -2.47. The Morgan fingerprint density at radius 1 is 0.720 bits per heavy atom. The molecule has 0 heterocycles. The van der Waals surface area contributed by atoms with E-state index in [-0.39, 0.29) is 85.5 Å². The van der Waals surface area contributed by atoms with Gasteiger partial charge in [0.1, 0.15) is 17.3 Å². The minimum atomic E-state index is -4.88. The van der Waals surface area contributed by atoms with E-state index in [0.717, 1.165) is 0 Å². The van der Waals surface area contributed by atoms with E-state index in [1.807, 2.05) is 27.7 Å². The molecule has 11 heteroatoms. The van der Waals surface area contributed by atoms with Crippen LogP contribution in [0.3, 0.4) is 0 Å². The Balaban J connectivity index is 6.76. The van der Waals surface area contributed by atoms with Crippen molar-refractivity contribution in [1.82, 2.24) is 5.32 Å². The highest BCUT2D eigenvalue weighted by Gasteiger charge is 2.52. The van der Waals surface area contributed by atoms with Gasteiger partial charge in [-0.1, -0.05) is 83.1 Å². The van der Waals surface area contributed by atoms with E-state index in [4.69, 9.17) is 0 Å². The third kappa shape index (κ3) is 14.9. The molecule has 0 bridgehead atoms. The van der Waals surface area contributed by atoms with Gasteiger partial charge < -0.3 is 10.4 Å². The number of nitrogens with one attached hydrogen (secondary N) is 1. The smallest absolute Gasteiger partial charge is 0.381 e. The number of halogens is 6. The minimum absolute atomic E-state index is 0.00795. The van der Waals surface area contributed by atoms with Crippen molar-refractivity contribution in [3.05, 3.63) is 0 Å². The van der Waals surface area contributed by atoms with Crippen molar-refractivity contribution in [2.45, 2.75) is 185 Å². The molecule has 0 radical (unpaired) electrons. The van der Waals surface area contributed by atoms with Crippen molar-refractivity contribution >= 4 is 17.3 Å². The zero-order valence-corrected chi connectivity index (χ0v) is 33.7. The van der Waals surface area contributed by atoms with Gasteiger partial charge in [-0.05, 0) is 82.0 Å². The van der Waals surface area contributed by atoms with E-state index in [9.17, 15) is 45.8 Å². The predicted molar refractivity (Wildman–Crippen MR) is 189 cm³/mol. The molecule has 0 spiro atoms. The Morgan fingerprint density at radius 2 is 1.22 bits per heavy atom. The number of hydrogen-bond acceptors (Lipinski definition) is 5.